The number of halogens is 1. The summed E-state index contributed by atoms with van der Waals surface area (Å²) in [5.41, 5.74) is 2.69. The summed E-state index contributed by atoms with van der Waals surface area (Å²) >= 11 is 5.76. The predicted octanol–water partition coefficient (Wildman–Crippen LogP) is 3.82. The minimum absolute atomic E-state index is 0.590. The fourth-order valence-electron chi connectivity index (χ4n) is 1.95. The molecule has 0 saturated carbocycles. The van der Waals surface area contributed by atoms with Crippen LogP contribution in [0.3, 0.4) is 0 Å². The zero-order valence-electron chi connectivity index (χ0n) is 10.4. The number of fused-ring (bicyclic) bond motifs is 1. The van der Waals surface area contributed by atoms with E-state index in [1.165, 1.54) is 21.9 Å². The highest BCUT2D eigenvalue weighted by Gasteiger charge is 2.00. The second-order valence-electron chi connectivity index (χ2n) is 4.63. The summed E-state index contributed by atoms with van der Waals surface area (Å²) in [4.78, 5) is 2.11. The molecule has 2 heteroatoms. The van der Waals surface area contributed by atoms with Crippen LogP contribution in [0.5, 0.6) is 0 Å². The summed E-state index contributed by atoms with van der Waals surface area (Å²) in [6.45, 7) is 3.13. The molecule has 2 aromatic carbocycles. The van der Waals surface area contributed by atoms with Crippen LogP contribution in [0, 0.1) is 6.92 Å². The molecule has 0 amide bonds. The van der Waals surface area contributed by atoms with Gasteiger partial charge in [0.15, 0.2) is 0 Å². The smallest absolute Gasteiger partial charge is 0.0736 e. The number of hydrogen-bond donors (Lipinski definition) is 0. The van der Waals surface area contributed by atoms with Gasteiger partial charge >= 0.3 is 0 Å². The molecule has 1 nitrogen and oxygen atoms in total. The van der Waals surface area contributed by atoms with Gasteiger partial charge in [0.05, 0.1) is 6.00 Å². The van der Waals surface area contributed by atoms with Crippen LogP contribution in [0.15, 0.2) is 36.4 Å². The third-order valence-electron chi connectivity index (χ3n) is 3.05. The van der Waals surface area contributed by atoms with Gasteiger partial charge in [-0.3, -0.25) is 4.90 Å². The summed E-state index contributed by atoms with van der Waals surface area (Å²) in [6.07, 6.45) is 1.05. The number of aryl methyl sites for hydroxylation is 1. The van der Waals surface area contributed by atoms with Gasteiger partial charge in [-0.05, 0) is 36.7 Å². The van der Waals surface area contributed by atoms with Crippen molar-refractivity contribution in [2.24, 2.45) is 0 Å². The molecule has 0 radical (unpaired) electrons. The van der Waals surface area contributed by atoms with Gasteiger partial charge in [-0.2, -0.15) is 0 Å². The number of nitrogens with zero attached hydrogens (tertiary/aromatic N) is 1. The highest BCUT2D eigenvalue weighted by molar-refractivity contribution is 6.17. The Morgan fingerprint density at radius 2 is 1.76 bits per heavy atom. The molecule has 0 spiro atoms. The topological polar surface area (TPSA) is 3.24 Å². The van der Waals surface area contributed by atoms with Crippen molar-refractivity contribution in [2.75, 3.05) is 19.6 Å². The van der Waals surface area contributed by atoms with E-state index in [1.807, 2.05) is 7.05 Å². The van der Waals surface area contributed by atoms with E-state index in [1.54, 1.807) is 0 Å². The Kier molecular flexibility index (Phi) is 4.03. The minimum atomic E-state index is 0.590. The van der Waals surface area contributed by atoms with Crippen LogP contribution in [-0.2, 0) is 6.42 Å². The third-order valence-corrected chi connectivity index (χ3v) is 3.45. The predicted molar refractivity (Wildman–Crippen MR) is 75.7 cm³/mol. The van der Waals surface area contributed by atoms with Crippen LogP contribution < -0.4 is 0 Å². The maximum Gasteiger partial charge on any atom is 0.0736 e. The van der Waals surface area contributed by atoms with Crippen molar-refractivity contribution in [3.05, 3.63) is 47.5 Å². The first-order valence-corrected chi connectivity index (χ1v) is 6.46. The second-order valence-corrected chi connectivity index (χ2v) is 4.87. The fourth-order valence-corrected chi connectivity index (χ4v) is 2.07. The Bertz CT molecular complexity index is 507. The Morgan fingerprint density at radius 3 is 2.53 bits per heavy atom. The molecule has 0 heterocycles. The Balaban J connectivity index is 2.17. The first-order valence-electron chi connectivity index (χ1n) is 5.93. The molecule has 0 bridgehead atoms. The lowest BCUT2D eigenvalue weighted by Gasteiger charge is -2.12. The molecular weight excluding hydrogens is 230 g/mol. The van der Waals surface area contributed by atoms with Crippen LogP contribution >= 0.6 is 11.6 Å². The average molecular weight is 248 g/mol. The van der Waals surface area contributed by atoms with Crippen molar-refractivity contribution in [3.63, 3.8) is 0 Å². The van der Waals surface area contributed by atoms with Gasteiger partial charge in [-0.25, -0.2) is 0 Å². The molecule has 0 atom stereocenters. The van der Waals surface area contributed by atoms with Crippen molar-refractivity contribution in [2.45, 2.75) is 13.3 Å². The molecule has 2 rings (SSSR count). The lowest BCUT2D eigenvalue weighted by molar-refractivity contribution is 0.394. The van der Waals surface area contributed by atoms with Gasteiger partial charge in [0.1, 0.15) is 0 Å². The fraction of sp³-hybridized carbons (Fsp3) is 0.333. The quantitative estimate of drug-likeness (QED) is 0.587. The molecule has 90 valence electrons. The van der Waals surface area contributed by atoms with Crippen LogP contribution in [0.4, 0.5) is 0 Å². The molecule has 0 unspecified atom stereocenters. The molecule has 0 fully saturated rings. The average Bonchev–Trinajstić information content (AvgIpc) is 2.35. The van der Waals surface area contributed by atoms with Crippen molar-refractivity contribution < 1.29 is 0 Å². The van der Waals surface area contributed by atoms with E-state index in [4.69, 9.17) is 11.6 Å². The lowest BCUT2D eigenvalue weighted by Crippen LogP contribution is -2.19. The number of benzene rings is 2. The molecule has 17 heavy (non-hydrogen) atoms. The van der Waals surface area contributed by atoms with Crippen molar-refractivity contribution in [3.8, 4) is 0 Å². The van der Waals surface area contributed by atoms with Crippen molar-refractivity contribution >= 4 is 22.4 Å². The maximum absolute atomic E-state index is 5.76. The van der Waals surface area contributed by atoms with Crippen LogP contribution in [0.1, 0.15) is 11.1 Å². The Morgan fingerprint density at radius 1 is 1.06 bits per heavy atom. The number of likely N-dealkylation sites (N-methyl/N-ethyl adjacent to an activating group) is 1. The van der Waals surface area contributed by atoms with E-state index in [0.29, 0.717) is 6.00 Å². The molecule has 0 aliphatic carbocycles. The highest BCUT2D eigenvalue weighted by atomic mass is 35.5. The second kappa shape index (κ2) is 5.52. The summed E-state index contributed by atoms with van der Waals surface area (Å²) in [7, 11) is 2.04. The molecule has 0 aromatic heterocycles. The number of hydrogen-bond acceptors (Lipinski definition) is 1. The normalized spacial score (nSPS) is 11.3. The molecule has 0 aliphatic rings. The van der Waals surface area contributed by atoms with E-state index < -0.39 is 0 Å². The molecule has 2 aromatic rings. The van der Waals surface area contributed by atoms with Crippen molar-refractivity contribution in [1.29, 1.82) is 0 Å². The molecule has 0 N–H and O–H groups in total. The third kappa shape index (κ3) is 3.21. The summed E-state index contributed by atoms with van der Waals surface area (Å²) in [6, 6.07) is 13.9. The van der Waals surface area contributed by atoms with Crippen LogP contribution in [0.2, 0.25) is 0 Å². The zero-order valence-corrected chi connectivity index (χ0v) is 11.2. The van der Waals surface area contributed by atoms with E-state index in [2.05, 4.69) is 48.2 Å². The molecule has 0 aliphatic heterocycles. The van der Waals surface area contributed by atoms with Crippen LogP contribution in [-0.4, -0.2) is 24.5 Å². The van der Waals surface area contributed by atoms with Gasteiger partial charge in [-0.1, -0.05) is 42.0 Å². The van der Waals surface area contributed by atoms with Gasteiger partial charge in [-0.15, -0.1) is 11.6 Å². The Labute approximate surface area is 108 Å². The Hall–Kier alpha value is -1.05. The molecule has 0 saturated heterocycles. The van der Waals surface area contributed by atoms with E-state index in [9.17, 15) is 0 Å². The first kappa shape index (κ1) is 12.4. The number of rotatable bonds is 4. The lowest BCUT2D eigenvalue weighted by atomic mass is 10.0. The number of alkyl halides is 1. The van der Waals surface area contributed by atoms with Gasteiger partial charge in [0.25, 0.3) is 0 Å². The largest absolute Gasteiger partial charge is 0.293 e. The van der Waals surface area contributed by atoms with E-state index in [0.717, 1.165) is 13.0 Å². The summed E-state index contributed by atoms with van der Waals surface area (Å²) < 4.78 is 0. The van der Waals surface area contributed by atoms with E-state index >= 15 is 0 Å². The first-order chi connectivity index (χ1) is 8.19. The molecular formula is C15H18ClN. The van der Waals surface area contributed by atoms with Crippen molar-refractivity contribution in [1.82, 2.24) is 4.90 Å². The SMILES string of the molecule is Cc1ccc2cc(CCN(C)CCl)ccc2c1. The zero-order chi connectivity index (χ0) is 12.3. The van der Waals surface area contributed by atoms with Gasteiger partial charge < -0.3 is 0 Å². The summed E-state index contributed by atoms with van der Waals surface area (Å²) in [5, 5.41) is 2.64. The maximum atomic E-state index is 5.76. The summed E-state index contributed by atoms with van der Waals surface area (Å²) in [5.74, 6) is 0. The van der Waals surface area contributed by atoms with Crippen LogP contribution in [0.25, 0.3) is 10.8 Å². The monoisotopic (exact) mass is 247 g/mol. The highest BCUT2D eigenvalue weighted by Crippen LogP contribution is 2.18. The minimum Gasteiger partial charge on any atom is -0.293 e. The van der Waals surface area contributed by atoms with Gasteiger partial charge in [0.2, 0.25) is 0 Å². The standard InChI is InChI=1S/C15H18ClN/c1-12-3-5-15-10-13(4-6-14(15)9-12)7-8-17(2)11-16/h3-6,9-10H,7-8,11H2,1-2H3. The van der Waals surface area contributed by atoms with E-state index in [-0.39, 0.29) is 0 Å². The van der Waals surface area contributed by atoms with Gasteiger partial charge in [0, 0.05) is 6.54 Å².